The number of hydrogen-bond donors (Lipinski definition) is 2. The maximum absolute atomic E-state index is 12.8. The first kappa shape index (κ1) is 19.1. The van der Waals surface area contributed by atoms with Crippen LogP contribution in [0, 0.1) is 6.92 Å². The lowest BCUT2D eigenvalue weighted by Gasteiger charge is -2.38. The molecule has 1 amide bonds. The van der Waals surface area contributed by atoms with Gasteiger partial charge in [0.05, 0.1) is 5.54 Å². The van der Waals surface area contributed by atoms with Gasteiger partial charge in [0, 0.05) is 33.9 Å². The van der Waals surface area contributed by atoms with Crippen LogP contribution >= 0.6 is 0 Å². The van der Waals surface area contributed by atoms with E-state index in [2.05, 4.69) is 30.7 Å². The van der Waals surface area contributed by atoms with E-state index >= 15 is 0 Å². The number of nitrogens with zero attached hydrogens (tertiary/aromatic N) is 6. The van der Waals surface area contributed by atoms with E-state index in [0.717, 1.165) is 25.7 Å². The van der Waals surface area contributed by atoms with Crippen molar-refractivity contribution in [2.45, 2.75) is 44.6 Å². The fraction of sp³-hybridized carbons (Fsp3) is 0.611. The number of nitrogens with one attached hydrogen (secondary N) is 2. The number of anilines is 2. The largest absolute Gasteiger partial charge is 0.352 e. The first-order valence-electron chi connectivity index (χ1n) is 9.33. The van der Waals surface area contributed by atoms with Crippen molar-refractivity contribution in [1.29, 1.82) is 0 Å². The number of carbonyl (C=O) groups is 1. The lowest BCUT2D eigenvalue weighted by Crippen LogP contribution is -2.54. The monoisotopic (exact) mass is 372 g/mol. The van der Waals surface area contributed by atoms with Crippen molar-refractivity contribution in [1.82, 2.24) is 30.0 Å². The molecule has 27 heavy (non-hydrogen) atoms. The molecule has 0 aromatic carbocycles. The van der Waals surface area contributed by atoms with Crippen molar-refractivity contribution in [2.75, 3.05) is 30.9 Å². The molecule has 0 aliphatic heterocycles. The topological polar surface area (TPSA) is 101 Å². The van der Waals surface area contributed by atoms with Crippen LogP contribution in [0.1, 0.15) is 48.4 Å². The van der Waals surface area contributed by atoms with Crippen molar-refractivity contribution in [3.63, 3.8) is 0 Å². The molecule has 0 radical (unpaired) electrons. The fourth-order valence-electron chi connectivity index (χ4n) is 3.47. The van der Waals surface area contributed by atoms with Gasteiger partial charge in [0.1, 0.15) is 11.5 Å². The molecule has 2 aromatic heterocycles. The zero-order valence-corrected chi connectivity index (χ0v) is 16.5. The van der Waals surface area contributed by atoms with Gasteiger partial charge in [-0.3, -0.25) is 9.48 Å². The molecule has 1 fully saturated rings. The molecule has 1 aliphatic carbocycles. The third-order valence-corrected chi connectivity index (χ3v) is 4.96. The average Bonchev–Trinajstić information content (AvgIpc) is 3.06. The van der Waals surface area contributed by atoms with E-state index in [0.29, 0.717) is 30.0 Å². The Balaban J connectivity index is 1.75. The van der Waals surface area contributed by atoms with Gasteiger partial charge in [0.15, 0.2) is 0 Å². The summed E-state index contributed by atoms with van der Waals surface area (Å²) in [6, 6.07) is 1.73. The van der Waals surface area contributed by atoms with Crippen molar-refractivity contribution in [2.24, 2.45) is 7.05 Å². The van der Waals surface area contributed by atoms with Crippen LogP contribution in [0.2, 0.25) is 0 Å². The number of hydrogen-bond acceptors (Lipinski definition) is 7. The minimum Gasteiger partial charge on any atom is -0.352 e. The zero-order valence-electron chi connectivity index (χ0n) is 16.5. The van der Waals surface area contributed by atoms with Crippen molar-refractivity contribution >= 4 is 17.8 Å². The van der Waals surface area contributed by atoms with Crippen LogP contribution in [0.5, 0.6) is 0 Å². The molecule has 0 spiro atoms. The summed E-state index contributed by atoms with van der Waals surface area (Å²) in [4.78, 5) is 27.8. The van der Waals surface area contributed by atoms with E-state index in [9.17, 15) is 4.79 Å². The third-order valence-electron chi connectivity index (χ3n) is 4.96. The van der Waals surface area contributed by atoms with Crippen LogP contribution in [-0.2, 0) is 7.05 Å². The molecule has 0 saturated heterocycles. The van der Waals surface area contributed by atoms with Gasteiger partial charge in [-0.1, -0.05) is 19.3 Å². The lowest BCUT2D eigenvalue weighted by molar-refractivity contribution is 0.0868. The van der Waals surface area contributed by atoms with E-state index in [-0.39, 0.29) is 11.4 Å². The smallest absolute Gasteiger partial charge is 0.270 e. The number of amides is 1. The molecule has 9 nitrogen and oxygen atoms in total. The zero-order chi connectivity index (χ0) is 19.4. The van der Waals surface area contributed by atoms with E-state index in [1.807, 2.05) is 25.9 Å². The Morgan fingerprint density at radius 2 is 1.96 bits per heavy atom. The van der Waals surface area contributed by atoms with Crippen molar-refractivity contribution < 1.29 is 4.79 Å². The number of aryl methyl sites for hydroxylation is 2. The number of rotatable bonds is 6. The molecule has 146 valence electrons. The molecule has 0 bridgehead atoms. The highest BCUT2D eigenvalue weighted by Gasteiger charge is 2.34. The fourth-order valence-corrected chi connectivity index (χ4v) is 3.47. The van der Waals surface area contributed by atoms with Crippen molar-refractivity contribution in [3.8, 4) is 0 Å². The summed E-state index contributed by atoms with van der Waals surface area (Å²) in [5.74, 6) is 1.71. The molecule has 1 aliphatic rings. The normalized spacial score (nSPS) is 16.0. The molecule has 2 N–H and O–H groups in total. The second-order valence-corrected chi connectivity index (χ2v) is 7.39. The maximum atomic E-state index is 12.8. The highest BCUT2D eigenvalue weighted by molar-refractivity contribution is 5.93. The standard InChI is InChI=1S/C18H28N8O/c1-13-21-16(23-17(22-13)25(2)3)19-12-18(9-6-5-7-10-18)24-15(27)14-8-11-20-26(14)4/h8,11H,5-7,9-10,12H2,1-4H3,(H,24,27)(H,19,21,22,23). The molecule has 0 unspecified atom stereocenters. The SMILES string of the molecule is Cc1nc(NCC2(NC(=O)c3ccnn3C)CCCCC2)nc(N(C)C)n1. The van der Waals surface area contributed by atoms with Crippen LogP contribution in [0.3, 0.4) is 0 Å². The predicted octanol–water partition coefficient (Wildman–Crippen LogP) is 1.52. The number of carbonyl (C=O) groups excluding carboxylic acids is 1. The Morgan fingerprint density at radius 1 is 1.22 bits per heavy atom. The number of aromatic nitrogens is 5. The van der Waals surface area contributed by atoms with Crippen LogP contribution in [-0.4, -0.2) is 56.8 Å². The highest BCUT2D eigenvalue weighted by atomic mass is 16.2. The second-order valence-electron chi connectivity index (χ2n) is 7.39. The van der Waals surface area contributed by atoms with Crippen LogP contribution in [0.4, 0.5) is 11.9 Å². The second kappa shape index (κ2) is 7.89. The molecular formula is C18H28N8O. The predicted molar refractivity (Wildman–Crippen MR) is 104 cm³/mol. The van der Waals surface area contributed by atoms with Gasteiger partial charge >= 0.3 is 0 Å². The Kier molecular flexibility index (Phi) is 5.57. The van der Waals surface area contributed by atoms with Gasteiger partial charge in [-0.2, -0.15) is 20.1 Å². The molecule has 9 heteroatoms. The van der Waals surface area contributed by atoms with E-state index in [1.165, 1.54) is 6.42 Å². The minimum atomic E-state index is -0.321. The third kappa shape index (κ3) is 4.53. The summed E-state index contributed by atoms with van der Waals surface area (Å²) < 4.78 is 1.60. The summed E-state index contributed by atoms with van der Waals surface area (Å²) in [7, 11) is 5.57. The van der Waals surface area contributed by atoms with Crippen LogP contribution < -0.4 is 15.5 Å². The lowest BCUT2D eigenvalue weighted by atomic mass is 9.81. The Bertz CT molecular complexity index is 794. The van der Waals surface area contributed by atoms with Crippen LogP contribution in [0.15, 0.2) is 12.3 Å². The molecule has 1 saturated carbocycles. The van der Waals surface area contributed by atoms with Gasteiger partial charge in [-0.15, -0.1) is 0 Å². The Morgan fingerprint density at radius 3 is 2.59 bits per heavy atom. The highest BCUT2D eigenvalue weighted by Crippen LogP contribution is 2.29. The first-order valence-corrected chi connectivity index (χ1v) is 9.33. The Hall–Kier alpha value is -2.71. The molecule has 2 aromatic rings. The quantitative estimate of drug-likeness (QED) is 0.793. The summed E-state index contributed by atoms with van der Waals surface area (Å²) >= 11 is 0. The molecule has 0 atom stereocenters. The average molecular weight is 372 g/mol. The molecular weight excluding hydrogens is 344 g/mol. The van der Waals surface area contributed by atoms with Gasteiger partial charge in [0.25, 0.3) is 5.91 Å². The summed E-state index contributed by atoms with van der Waals surface area (Å²) in [6.07, 6.45) is 6.86. The Labute approximate surface area is 159 Å². The summed E-state index contributed by atoms with van der Waals surface area (Å²) in [6.45, 7) is 2.42. The van der Waals surface area contributed by atoms with Crippen LogP contribution in [0.25, 0.3) is 0 Å². The van der Waals surface area contributed by atoms with Gasteiger partial charge in [-0.25, -0.2) is 0 Å². The summed E-state index contributed by atoms with van der Waals surface area (Å²) in [5.41, 5.74) is 0.240. The van der Waals surface area contributed by atoms with E-state index < -0.39 is 0 Å². The molecule has 3 rings (SSSR count). The van der Waals surface area contributed by atoms with Gasteiger partial charge in [0.2, 0.25) is 11.9 Å². The first-order chi connectivity index (χ1) is 12.9. The maximum Gasteiger partial charge on any atom is 0.270 e. The molecule has 2 heterocycles. The van der Waals surface area contributed by atoms with E-state index in [4.69, 9.17) is 0 Å². The van der Waals surface area contributed by atoms with E-state index in [1.54, 1.807) is 24.0 Å². The summed E-state index contributed by atoms with van der Waals surface area (Å²) in [5, 5.41) is 10.7. The minimum absolute atomic E-state index is 0.0977. The van der Waals surface area contributed by atoms with Gasteiger partial charge < -0.3 is 15.5 Å². The van der Waals surface area contributed by atoms with Gasteiger partial charge in [-0.05, 0) is 25.8 Å². The van der Waals surface area contributed by atoms with Crippen molar-refractivity contribution in [3.05, 3.63) is 23.8 Å².